The first-order valence-corrected chi connectivity index (χ1v) is 8.45. The van der Waals surface area contributed by atoms with Gasteiger partial charge in [0.25, 0.3) is 0 Å². The Kier molecular flexibility index (Phi) is 4.97. The van der Waals surface area contributed by atoms with E-state index in [4.69, 9.17) is 0 Å². The predicted octanol–water partition coefficient (Wildman–Crippen LogP) is 4.68. The van der Waals surface area contributed by atoms with Crippen molar-refractivity contribution in [3.8, 4) is 0 Å². The Labute approximate surface area is 122 Å². The summed E-state index contributed by atoms with van der Waals surface area (Å²) in [5.74, 6) is 1.92. The lowest BCUT2D eigenvalue weighted by molar-refractivity contribution is 0.317. The fraction of sp³-hybridized carbons (Fsp3) is 0.647. The van der Waals surface area contributed by atoms with Gasteiger partial charge in [0.2, 0.25) is 0 Å². The van der Waals surface area contributed by atoms with Crippen LogP contribution in [0.5, 0.6) is 0 Å². The molecule has 1 nitrogen and oxygen atoms in total. The second-order valence-corrected chi connectivity index (χ2v) is 7.78. The minimum atomic E-state index is 0.430. The van der Waals surface area contributed by atoms with E-state index >= 15 is 0 Å². The second-order valence-electron chi connectivity index (χ2n) is 6.72. The lowest BCUT2D eigenvalue weighted by atomic mass is 9.83. The number of rotatable bonds is 5. The van der Waals surface area contributed by atoms with Crippen molar-refractivity contribution in [1.82, 2.24) is 5.32 Å². The largest absolute Gasteiger partial charge is 0.314 e. The molecule has 0 spiro atoms. The molecule has 0 aromatic heterocycles. The molecule has 0 amide bonds. The van der Waals surface area contributed by atoms with Gasteiger partial charge in [0, 0.05) is 22.6 Å². The van der Waals surface area contributed by atoms with Crippen molar-refractivity contribution in [1.29, 1.82) is 0 Å². The number of hydrogen-bond acceptors (Lipinski definition) is 2. The molecule has 0 aliphatic carbocycles. The molecule has 1 aromatic rings. The van der Waals surface area contributed by atoms with Gasteiger partial charge < -0.3 is 5.32 Å². The van der Waals surface area contributed by atoms with Gasteiger partial charge in [-0.3, -0.25) is 0 Å². The first-order chi connectivity index (χ1) is 9.01. The molecule has 1 aliphatic rings. The molecule has 1 aliphatic heterocycles. The van der Waals surface area contributed by atoms with Crippen LogP contribution >= 0.6 is 11.8 Å². The number of benzene rings is 1. The van der Waals surface area contributed by atoms with Crippen molar-refractivity contribution in [2.75, 3.05) is 12.3 Å². The van der Waals surface area contributed by atoms with Crippen molar-refractivity contribution in [3.05, 3.63) is 29.8 Å². The number of hydrogen-bond donors (Lipinski definition) is 1. The van der Waals surface area contributed by atoms with Crippen molar-refractivity contribution in [2.45, 2.75) is 57.4 Å². The Hall–Kier alpha value is -0.470. The zero-order valence-electron chi connectivity index (χ0n) is 12.7. The molecule has 0 fully saturated rings. The Morgan fingerprint density at radius 3 is 2.74 bits per heavy atom. The van der Waals surface area contributed by atoms with Gasteiger partial charge in [0.15, 0.2) is 0 Å². The maximum Gasteiger partial charge on any atom is 0.0144 e. The molecule has 0 saturated carbocycles. The van der Waals surface area contributed by atoms with E-state index in [-0.39, 0.29) is 0 Å². The van der Waals surface area contributed by atoms with E-state index in [1.165, 1.54) is 23.5 Å². The molecule has 2 unspecified atom stereocenters. The minimum absolute atomic E-state index is 0.430. The van der Waals surface area contributed by atoms with Gasteiger partial charge in [-0.1, -0.05) is 45.9 Å². The molecule has 106 valence electrons. The fourth-order valence-electron chi connectivity index (χ4n) is 2.82. The van der Waals surface area contributed by atoms with Crippen LogP contribution in [-0.4, -0.2) is 18.3 Å². The topological polar surface area (TPSA) is 12.0 Å². The van der Waals surface area contributed by atoms with E-state index in [0.29, 0.717) is 17.4 Å². The molecule has 0 saturated heterocycles. The third kappa shape index (κ3) is 4.00. The molecule has 0 bridgehead atoms. The van der Waals surface area contributed by atoms with Crippen LogP contribution in [0.4, 0.5) is 0 Å². The quantitative estimate of drug-likeness (QED) is 0.838. The van der Waals surface area contributed by atoms with Crippen LogP contribution in [0.15, 0.2) is 29.2 Å². The van der Waals surface area contributed by atoms with E-state index in [1.54, 1.807) is 5.56 Å². The SMILES string of the molecule is CCNC(CCC(C)(C)C)C1CSc2ccccc21. The van der Waals surface area contributed by atoms with Gasteiger partial charge in [0.05, 0.1) is 0 Å². The summed E-state index contributed by atoms with van der Waals surface area (Å²) in [5.41, 5.74) is 1.99. The van der Waals surface area contributed by atoms with E-state index in [9.17, 15) is 0 Å². The predicted molar refractivity (Wildman–Crippen MR) is 86.1 cm³/mol. The highest BCUT2D eigenvalue weighted by Gasteiger charge is 2.30. The first kappa shape index (κ1) is 14.9. The van der Waals surface area contributed by atoms with E-state index in [2.05, 4.69) is 57.3 Å². The molecular weight excluding hydrogens is 250 g/mol. The highest BCUT2D eigenvalue weighted by atomic mass is 32.2. The number of nitrogens with one attached hydrogen (secondary N) is 1. The summed E-state index contributed by atoms with van der Waals surface area (Å²) in [6, 6.07) is 9.56. The fourth-order valence-corrected chi connectivity index (χ4v) is 4.15. The van der Waals surface area contributed by atoms with Gasteiger partial charge >= 0.3 is 0 Å². The normalized spacial score (nSPS) is 20.3. The van der Waals surface area contributed by atoms with Crippen molar-refractivity contribution in [2.24, 2.45) is 5.41 Å². The lowest BCUT2D eigenvalue weighted by Gasteiger charge is -2.28. The van der Waals surface area contributed by atoms with Crippen LogP contribution in [0, 0.1) is 5.41 Å². The molecule has 2 rings (SSSR count). The average Bonchev–Trinajstić information content (AvgIpc) is 2.77. The number of thioether (sulfide) groups is 1. The summed E-state index contributed by atoms with van der Waals surface area (Å²) in [6.45, 7) is 10.3. The summed E-state index contributed by atoms with van der Waals surface area (Å²) in [4.78, 5) is 1.49. The molecule has 19 heavy (non-hydrogen) atoms. The Balaban J connectivity index is 2.08. The van der Waals surface area contributed by atoms with E-state index < -0.39 is 0 Å². The van der Waals surface area contributed by atoms with Crippen LogP contribution in [0.1, 0.15) is 52.0 Å². The van der Waals surface area contributed by atoms with Gasteiger partial charge in [-0.05, 0) is 36.4 Å². The molecule has 2 heteroatoms. The van der Waals surface area contributed by atoms with Crippen LogP contribution < -0.4 is 5.32 Å². The van der Waals surface area contributed by atoms with Crippen LogP contribution in [0.3, 0.4) is 0 Å². The third-order valence-electron chi connectivity index (χ3n) is 3.89. The van der Waals surface area contributed by atoms with Gasteiger partial charge in [-0.25, -0.2) is 0 Å². The smallest absolute Gasteiger partial charge is 0.0144 e. The van der Waals surface area contributed by atoms with Crippen LogP contribution in [0.2, 0.25) is 0 Å². The molecule has 2 atom stereocenters. The van der Waals surface area contributed by atoms with Crippen LogP contribution in [0.25, 0.3) is 0 Å². The van der Waals surface area contributed by atoms with Crippen molar-refractivity contribution >= 4 is 11.8 Å². The molecule has 0 radical (unpaired) electrons. The monoisotopic (exact) mass is 277 g/mol. The standard InChI is InChI=1S/C17H27NS/c1-5-18-15(10-11-17(2,3)4)14-12-19-16-9-7-6-8-13(14)16/h6-9,14-15,18H,5,10-12H2,1-4H3. The third-order valence-corrected chi connectivity index (χ3v) is 5.10. The van der Waals surface area contributed by atoms with Gasteiger partial charge in [0.1, 0.15) is 0 Å². The Morgan fingerprint density at radius 2 is 2.05 bits per heavy atom. The number of likely N-dealkylation sites (N-methyl/N-ethyl adjacent to an activating group) is 1. The highest BCUT2D eigenvalue weighted by Crippen LogP contribution is 2.42. The molecule has 1 aromatic carbocycles. The zero-order chi connectivity index (χ0) is 13.9. The van der Waals surface area contributed by atoms with Crippen molar-refractivity contribution < 1.29 is 0 Å². The summed E-state index contributed by atoms with van der Waals surface area (Å²) < 4.78 is 0. The zero-order valence-corrected chi connectivity index (χ0v) is 13.5. The van der Waals surface area contributed by atoms with Crippen molar-refractivity contribution in [3.63, 3.8) is 0 Å². The molecular formula is C17H27NS. The first-order valence-electron chi connectivity index (χ1n) is 7.46. The summed E-state index contributed by atoms with van der Waals surface area (Å²) in [7, 11) is 0. The highest BCUT2D eigenvalue weighted by molar-refractivity contribution is 7.99. The molecule has 1 heterocycles. The van der Waals surface area contributed by atoms with E-state index in [0.717, 1.165) is 6.54 Å². The lowest BCUT2D eigenvalue weighted by Crippen LogP contribution is -2.36. The summed E-state index contributed by atoms with van der Waals surface area (Å²) in [6.07, 6.45) is 2.56. The van der Waals surface area contributed by atoms with Crippen LogP contribution in [-0.2, 0) is 0 Å². The minimum Gasteiger partial charge on any atom is -0.314 e. The average molecular weight is 277 g/mol. The summed E-state index contributed by atoms with van der Waals surface area (Å²) in [5, 5.41) is 3.72. The van der Waals surface area contributed by atoms with Gasteiger partial charge in [-0.2, -0.15) is 0 Å². The Morgan fingerprint density at radius 1 is 1.32 bits per heavy atom. The second kappa shape index (κ2) is 6.32. The maximum atomic E-state index is 3.72. The van der Waals surface area contributed by atoms with E-state index in [1.807, 2.05) is 11.8 Å². The Bertz CT molecular complexity index is 408. The maximum absolute atomic E-state index is 3.72. The number of fused-ring (bicyclic) bond motifs is 1. The molecule has 1 N–H and O–H groups in total. The summed E-state index contributed by atoms with van der Waals surface area (Å²) >= 11 is 2.02. The van der Waals surface area contributed by atoms with Gasteiger partial charge in [-0.15, -0.1) is 11.8 Å².